The number of nitrogens with zero attached hydrogens (tertiary/aromatic N) is 1. The normalized spacial score (nSPS) is 11.4. The third-order valence-electron chi connectivity index (χ3n) is 3.56. The second-order valence-electron chi connectivity index (χ2n) is 5.76. The summed E-state index contributed by atoms with van der Waals surface area (Å²) in [5.41, 5.74) is 0. The summed E-state index contributed by atoms with van der Waals surface area (Å²) in [5, 5.41) is 11.3. The molecule has 0 unspecified atom stereocenters. The molecule has 8 heteroatoms. The van der Waals surface area contributed by atoms with Crippen molar-refractivity contribution in [3.05, 3.63) is 46.5 Å². The number of hydrogen-bond acceptors (Lipinski definition) is 5. The summed E-state index contributed by atoms with van der Waals surface area (Å²) in [5.74, 6) is 1.60. The summed E-state index contributed by atoms with van der Waals surface area (Å²) < 4.78 is 10.8. The average Bonchev–Trinajstić information content (AvgIpc) is 3.37. The van der Waals surface area contributed by atoms with E-state index in [1.54, 1.807) is 6.26 Å². The van der Waals surface area contributed by atoms with Gasteiger partial charge in [0.2, 0.25) is 0 Å². The van der Waals surface area contributed by atoms with Crippen LogP contribution in [0.1, 0.15) is 35.2 Å². The molecule has 0 fully saturated rings. The minimum atomic E-state index is -0.0199. The van der Waals surface area contributed by atoms with Gasteiger partial charge in [-0.1, -0.05) is 6.07 Å². The Balaban J connectivity index is 1.54. The van der Waals surface area contributed by atoms with Crippen LogP contribution in [0, 0.1) is 0 Å². The maximum absolute atomic E-state index is 11.8. The minimum Gasteiger partial charge on any atom is -0.467 e. The van der Waals surface area contributed by atoms with Crippen LogP contribution in [0.5, 0.6) is 0 Å². The second-order valence-corrected chi connectivity index (χ2v) is 6.71. The van der Waals surface area contributed by atoms with Gasteiger partial charge in [-0.2, -0.15) is 0 Å². The number of aliphatic imine (C=N–C) groups is 1. The Labute approximate surface area is 164 Å². The highest BCUT2D eigenvalue weighted by Crippen LogP contribution is 2.07. The molecule has 0 aliphatic rings. The van der Waals surface area contributed by atoms with Crippen LogP contribution < -0.4 is 16.0 Å². The number of rotatable bonds is 12. The van der Waals surface area contributed by atoms with Gasteiger partial charge in [0.1, 0.15) is 12.4 Å². The maximum Gasteiger partial charge on any atom is 0.261 e. The predicted molar refractivity (Wildman–Crippen MR) is 108 cm³/mol. The van der Waals surface area contributed by atoms with Crippen LogP contribution in [-0.2, 0) is 11.3 Å². The van der Waals surface area contributed by atoms with Gasteiger partial charge >= 0.3 is 0 Å². The van der Waals surface area contributed by atoms with E-state index in [4.69, 9.17) is 9.15 Å². The molecule has 0 aliphatic heterocycles. The van der Waals surface area contributed by atoms with Crippen molar-refractivity contribution in [1.82, 2.24) is 16.0 Å². The number of carbonyl (C=O) groups excluding carboxylic acids is 1. The number of guanidine groups is 1. The number of hydrogen-bond donors (Lipinski definition) is 3. The summed E-state index contributed by atoms with van der Waals surface area (Å²) in [6.07, 6.45) is 3.31. The van der Waals surface area contributed by atoms with Crippen molar-refractivity contribution in [3.63, 3.8) is 0 Å². The first kappa shape index (κ1) is 21.0. The van der Waals surface area contributed by atoms with E-state index in [-0.39, 0.29) is 5.91 Å². The summed E-state index contributed by atoms with van der Waals surface area (Å²) in [6.45, 7) is 6.02. The fourth-order valence-electron chi connectivity index (χ4n) is 2.26. The van der Waals surface area contributed by atoms with E-state index in [0.717, 1.165) is 42.5 Å². The van der Waals surface area contributed by atoms with Gasteiger partial charge in [-0.05, 0) is 43.3 Å². The quantitative estimate of drug-likeness (QED) is 0.294. The highest BCUT2D eigenvalue weighted by molar-refractivity contribution is 7.12. The van der Waals surface area contributed by atoms with Crippen molar-refractivity contribution in [2.75, 3.05) is 32.8 Å². The number of nitrogens with one attached hydrogen (secondary N) is 3. The van der Waals surface area contributed by atoms with E-state index in [0.29, 0.717) is 26.3 Å². The lowest BCUT2D eigenvalue weighted by atomic mass is 10.4. The molecule has 2 heterocycles. The zero-order chi connectivity index (χ0) is 19.2. The van der Waals surface area contributed by atoms with E-state index in [1.807, 2.05) is 36.6 Å². The molecule has 0 spiro atoms. The number of amides is 1. The van der Waals surface area contributed by atoms with E-state index < -0.39 is 0 Å². The molecule has 2 aromatic heterocycles. The average molecular weight is 393 g/mol. The Morgan fingerprint density at radius 3 is 2.81 bits per heavy atom. The fraction of sp³-hybridized carbons (Fsp3) is 0.474. The van der Waals surface area contributed by atoms with Crippen LogP contribution in [0.15, 0.2) is 45.3 Å². The minimum absolute atomic E-state index is 0.0199. The molecular formula is C19H28N4O3S. The van der Waals surface area contributed by atoms with Gasteiger partial charge in [-0.25, -0.2) is 0 Å². The standard InChI is InChI=1S/C19H28N4O3S/c1-2-20-19(23-11-6-12-25-15-16-7-3-13-26-16)22-10-5-9-21-18(24)17-8-4-14-27-17/h3-4,7-8,13-14H,2,5-6,9-12,15H2,1H3,(H,21,24)(H2,20,22,23). The maximum atomic E-state index is 11.8. The van der Waals surface area contributed by atoms with Gasteiger partial charge in [0, 0.05) is 32.8 Å². The molecule has 0 saturated heterocycles. The summed E-state index contributed by atoms with van der Waals surface area (Å²) >= 11 is 1.45. The predicted octanol–water partition coefficient (Wildman–Crippen LogP) is 2.62. The smallest absolute Gasteiger partial charge is 0.261 e. The second kappa shape index (κ2) is 12.9. The van der Waals surface area contributed by atoms with Crippen molar-refractivity contribution in [3.8, 4) is 0 Å². The number of carbonyl (C=O) groups is 1. The van der Waals surface area contributed by atoms with Crippen LogP contribution in [-0.4, -0.2) is 44.7 Å². The Kier molecular flexibility index (Phi) is 10.1. The Bertz CT molecular complexity index is 657. The Hall–Kier alpha value is -2.32. The molecule has 0 aliphatic carbocycles. The van der Waals surface area contributed by atoms with Crippen molar-refractivity contribution in [1.29, 1.82) is 0 Å². The van der Waals surface area contributed by atoms with Crippen molar-refractivity contribution >= 4 is 23.2 Å². The van der Waals surface area contributed by atoms with Crippen LogP contribution in [0.25, 0.3) is 0 Å². The van der Waals surface area contributed by atoms with Crippen LogP contribution in [0.4, 0.5) is 0 Å². The van der Waals surface area contributed by atoms with Gasteiger partial charge in [0.15, 0.2) is 5.96 Å². The molecule has 3 N–H and O–H groups in total. The van der Waals surface area contributed by atoms with Crippen molar-refractivity contribution < 1.29 is 13.9 Å². The summed E-state index contributed by atoms with van der Waals surface area (Å²) in [4.78, 5) is 17.1. The first-order valence-electron chi connectivity index (χ1n) is 9.23. The first-order chi connectivity index (χ1) is 13.3. The third kappa shape index (κ3) is 8.74. The van der Waals surface area contributed by atoms with E-state index >= 15 is 0 Å². The number of furan rings is 1. The molecule has 0 atom stereocenters. The largest absolute Gasteiger partial charge is 0.467 e. The van der Waals surface area contributed by atoms with E-state index in [9.17, 15) is 4.79 Å². The summed E-state index contributed by atoms with van der Waals surface area (Å²) in [6, 6.07) is 7.45. The number of ether oxygens (including phenoxy) is 1. The van der Waals surface area contributed by atoms with Gasteiger partial charge < -0.3 is 25.1 Å². The fourth-order valence-corrected chi connectivity index (χ4v) is 2.90. The molecule has 0 saturated carbocycles. The molecule has 7 nitrogen and oxygen atoms in total. The highest BCUT2D eigenvalue weighted by Gasteiger charge is 2.04. The molecule has 27 heavy (non-hydrogen) atoms. The molecule has 148 valence electrons. The summed E-state index contributed by atoms with van der Waals surface area (Å²) in [7, 11) is 0. The number of thiophene rings is 1. The molecule has 0 bridgehead atoms. The van der Waals surface area contributed by atoms with Gasteiger partial charge in [0.05, 0.1) is 11.1 Å². The molecule has 0 radical (unpaired) electrons. The van der Waals surface area contributed by atoms with Crippen molar-refractivity contribution in [2.45, 2.75) is 26.4 Å². The van der Waals surface area contributed by atoms with Crippen molar-refractivity contribution in [2.24, 2.45) is 4.99 Å². The monoisotopic (exact) mass is 392 g/mol. The first-order valence-corrected chi connectivity index (χ1v) is 10.1. The van der Waals surface area contributed by atoms with Crippen LogP contribution in [0.2, 0.25) is 0 Å². The topological polar surface area (TPSA) is 87.9 Å². The van der Waals surface area contributed by atoms with E-state index in [2.05, 4.69) is 20.9 Å². The van der Waals surface area contributed by atoms with Crippen LogP contribution in [0.3, 0.4) is 0 Å². The van der Waals surface area contributed by atoms with Gasteiger partial charge in [0.25, 0.3) is 5.91 Å². The lowest BCUT2D eigenvalue weighted by molar-refractivity contribution is 0.0957. The molecular weight excluding hydrogens is 364 g/mol. The molecule has 1 amide bonds. The highest BCUT2D eigenvalue weighted by atomic mass is 32.1. The molecule has 2 aromatic rings. The lowest BCUT2D eigenvalue weighted by Crippen LogP contribution is -2.38. The Morgan fingerprint density at radius 1 is 1.19 bits per heavy atom. The molecule has 0 aromatic carbocycles. The lowest BCUT2D eigenvalue weighted by Gasteiger charge is -2.11. The van der Waals surface area contributed by atoms with E-state index in [1.165, 1.54) is 11.3 Å². The van der Waals surface area contributed by atoms with Gasteiger partial charge in [-0.3, -0.25) is 9.79 Å². The zero-order valence-corrected chi connectivity index (χ0v) is 16.5. The third-order valence-corrected chi connectivity index (χ3v) is 4.43. The Morgan fingerprint density at radius 2 is 2.07 bits per heavy atom. The van der Waals surface area contributed by atoms with Crippen LogP contribution >= 0.6 is 11.3 Å². The van der Waals surface area contributed by atoms with Gasteiger partial charge in [-0.15, -0.1) is 11.3 Å². The SMILES string of the molecule is CCNC(=NCCCNC(=O)c1cccs1)NCCCOCc1ccco1. The zero-order valence-electron chi connectivity index (χ0n) is 15.7. The molecule has 2 rings (SSSR count).